The molecule has 3 aliphatic rings. The number of benzene rings is 1. The SMILES string of the molecule is O=C(NC1CCS(=O)(=O)c2ccccc21)C1CC12CCNCC2. The Balaban J connectivity index is 1.51. The standard InChI is InChI=1S/C17H22N2O3S/c20-16(13-11-17(13)6-8-18-9-7-17)19-14-5-10-23(21,22)15-4-2-1-3-12(14)15/h1-4,13-14,18H,5-11H2,(H,19,20). The van der Waals surface area contributed by atoms with E-state index in [-0.39, 0.29) is 29.0 Å². The van der Waals surface area contributed by atoms with Crippen molar-refractivity contribution in [3.05, 3.63) is 29.8 Å². The van der Waals surface area contributed by atoms with Gasteiger partial charge in [0, 0.05) is 5.92 Å². The molecule has 124 valence electrons. The Morgan fingerprint density at radius 2 is 1.96 bits per heavy atom. The summed E-state index contributed by atoms with van der Waals surface area (Å²) in [7, 11) is -3.20. The number of sulfone groups is 1. The van der Waals surface area contributed by atoms with Gasteiger partial charge in [-0.2, -0.15) is 0 Å². The van der Waals surface area contributed by atoms with Crippen molar-refractivity contribution in [2.24, 2.45) is 11.3 Å². The van der Waals surface area contributed by atoms with Gasteiger partial charge in [-0.25, -0.2) is 8.42 Å². The second kappa shape index (κ2) is 5.31. The highest BCUT2D eigenvalue weighted by Gasteiger charge is 2.57. The Morgan fingerprint density at radius 1 is 1.22 bits per heavy atom. The number of piperidine rings is 1. The van der Waals surface area contributed by atoms with Crippen molar-refractivity contribution < 1.29 is 13.2 Å². The van der Waals surface area contributed by atoms with Crippen LogP contribution in [0, 0.1) is 11.3 Å². The van der Waals surface area contributed by atoms with Gasteiger partial charge in [-0.1, -0.05) is 18.2 Å². The van der Waals surface area contributed by atoms with Crippen molar-refractivity contribution in [2.45, 2.75) is 36.6 Å². The minimum atomic E-state index is -3.20. The fraction of sp³-hybridized carbons (Fsp3) is 0.588. The van der Waals surface area contributed by atoms with Gasteiger partial charge < -0.3 is 10.6 Å². The number of nitrogens with one attached hydrogen (secondary N) is 2. The van der Waals surface area contributed by atoms with E-state index in [1.165, 1.54) is 0 Å². The molecule has 1 aromatic rings. The lowest BCUT2D eigenvalue weighted by Gasteiger charge is -2.27. The molecule has 1 saturated carbocycles. The maximum atomic E-state index is 12.6. The molecule has 0 aromatic heterocycles. The summed E-state index contributed by atoms with van der Waals surface area (Å²) in [5, 5.41) is 6.47. The minimum Gasteiger partial charge on any atom is -0.349 e. The van der Waals surface area contributed by atoms with Crippen LogP contribution in [0.15, 0.2) is 29.2 Å². The Morgan fingerprint density at radius 3 is 2.74 bits per heavy atom. The predicted molar refractivity (Wildman–Crippen MR) is 86.6 cm³/mol. The third-order valence-electron chi connectivity index (χ3n) is 5.73. The zero-order chi connectivity index (χ0) is 16.1. The van der Waals surface area contributed by atoms with Crippen molar-refractivity contribution in [2.75, 3.05) is 18.8 Å². The van der Waals surface area contributed by atoms with E-state index in [0.29, 0.717) is 11.3 Å². The van der Waals surface area contributed by atoms with Gasteiger partial charge in [0.05, 0.1) is 16.7 Å². The highest BCUT2D eigenvalue weighted by molar-refractivity contribution is 7.91. The third kappa shape index (κ3) is 2.58. The van der Waals surface area contributed by atoms with E-state index in [1.54, 1.807) is 12.1 Å². The molecule has 1 aromatic carbocycles. The van der Waals surface area contributed by atoms with Crippen molar-refractivity contribution in [1.82, 2.24) is 10.6 Å². The third-order valence-corrected chi connectivity index (χ3v) is 7.54. The maximum absolute atomic E-state index is 12.6. The van der Waals surface area contributed by atoms with Crippen molar-refractivity contribution in [3.8, 4) is 0 Å². The van der Waals surface area contributed by atoms with E-state index in [2.05, 4.69) is 10.6 Å². The van der Waals surface area contributed by atoms with E-state index in [1.807, 2.05) is 12.1 Å². The minimum absolute atomic E-state index is 0.103. The first-order valence-electron chi connectivity index (χ1n) is 8.35. The van der Waals surface area contributed by atoms with Gasteiger partial charge in [-0.15, -0.1) is 0 Å². The van der Waals surface area contributed by atoms with Crippen LogP contribution in [0.5, 0.6) is 0 Å². The first kappa shape index (κ1) is 15.1. The number of carbonyl (C=O) groups is 1. The molecular weight excluding hydrogens is 312 g/mol. The average molecular weight is 334 g/mol. The lowest BCUT2D eigenvalue weighted by molar-refractivity contribution is -0.124. The molecule has 1 spiro atoms. The van der Waals surface area contributed by atoms with Crippen LogP contribution in [-0.2, 0) is 14.6 Å². The molecule has 1 amide bonds. The van der Waals surface area contributed by atoms with E-state index in [4.69, 9.17) is 0 Å². The molecule has 23 heavy (non-hydrogen) atoms. The normalized spacial score (nSPS) is 30.4. The van der Waals surface area contributed by atoms with Crippen LogP contribution in [0.3, 0.4) is 0 Å². The Kier molecular flexibility index (Phi) is 3.50. The van der Waals surface area contributed by atoms with Crippen molar-refractivity contribution >= 4 is 15.7 Å². The van der Waals surface area contributed by atoms with Crippen LogP contribution >= 0.6 is 0 Å². The molecule has 6 heteroatoms. The average Bonchev–Trinajstić information content (AvgIpc) is 3.24. The van der Waals surface area contributed by atoms with Crippen LogP contribution in [-0.4, -0.2) is 33.2 Å². The molecule has 1 aliphatic carbocycles. The smallest absolute Gasteiger partial charge is 0.224 e. The quantitative estimate of drug-likeness (QED) is 0.857. The summed E-state index contributed by atoms with van der Waals surface area (Å²) in [6, 6.07) is 6.87. The largest absolute Gasteiger partial charge is 0.349 e. The van der Waals surface area contributed by atoms with Gasteiger partial charge in [0.25, 0.3) is 0 Å². The number of hydrogen-bond acceptors (Lipinski definition) is 4. The molecule has 2 heterocycles. The second-order valence-electron chi connectivity index (χ2n) is 7.08. The van der Waals surface area contributed by atoms with Crippen LogP contribution < -0.4 is 10.6 Å². The van der Waals surface area contributed by atoms with E-state index >= 15 is 0 Å². The summed E-state index contributed by atoms with van der Waals surface area (Å²) >= 11 is 0. The van der Waals surface area contributed by atoms with Gasteiger partial charge in [0.2, 0.25) is 5.91 Å². The van der Waals surface area contributed by atoms with Crippen LogP contribution in [0.1, 0.15) is 37.3 Å². The number of hydrogen-bond donors (Lipinski definition) is 2. The molecule has 2 N–H and O–H groups in total. The van der Waals surface area contributed by atoms with E-state index < -0.39 is 9.84 Å². The molecule has 2 aliphatic heterocycles. The van der Waals surface area contributed by atoms with Gasteiger partial charge in [0.1, 0.15) is 0 Å². The fourth-order valence-electron chi connectivity index (χ4n) is 4.21. The molecule has 2 fully saturated rings. The Labute approximate surface area is 136 Å². The van der Waals surface area contributed by atoms with Crippen LogP contribution in [0.2, 0.25) is 0 Å². The fourth-order valence-corrected chi connectivity index (χ4v) is 5.83. The molecule has 2 atom stereocenters. The molecule has 0 radical (unpaired) electrons. The molecule has 1 saturated heterocycles. The molecular formula is C17H22N2O3S. The van der Waals surface area contributed by atoms with Gasteiger partial charge in [-0.3, -0.25) is 4.79 Å². The number of amides is 1. The first-order chi connectivity index (χ1) is 11.0. The van der Waals surface area contributed by atoms with Crippen LogP contribution in [0.25, 0.3) is 0 Å². The summed E-state index contributed by atoms with van der Waals surface area (Å²) in [6.45, 7) is 1.99. The summed E-state index contributed by atoms with van der Waals surface area (Å²) in [5.41, 5.74) is 0.947. The molecule has 5 nitrogen and oxygen atoms in total. The molecule has 0 bridgehead atoms. The highest BCUT2D eigenvalue weighted by atomic mass is 32.2. The zero-order valence-corrected chi connectivity index (χ0v) is 13.9. The number of carbonyl (C=O) groups excluding carboxylic acids is 1. The maximum Gasteiger partial charge on any atom is 0.224 e. The summed E-state index contributed by atoms with van der Waals surface area (Å²) < 4.78 is 24.3. The lowest BCUT2D eigenvalue weighted by Crippen LogP contribution is -2.37. The van der Waals surface area contributed by atoms with Gasteiger partial charge in [-0.05, 0) is 55.8 Å². The van der Waals surface area contributed by atoms with Gasteiger partial charge >= 0.3 is 0 Å². The Bertz CT molecular complexity index is 738. The van der Waals surface area contributed by atoms with E-state index in [9.17, 15) is 13.2 Å². The number of rotatable bonds is 2. The summed E-state index contributed by atoms with van der Waals surface area (Å²) in [4.78, 5) is 13.0. The first-order valence-corrected chi connectivity index (χ1v) is 10.00. The van der Waals surface area contributed by atoms with Gasteiger partial charge in [0.15, 0.2) is 9.84 Å². The monoisotopic (exact) mass is 334 g/mol. The summed E-state index contributed by atoms with van der Waals surface area (Å²) in [6.07, 6.45) is 3.58. The van der Waals surface area contributed by atoms with Crippen molar-refractivity contribution in [3.63, 3.8) is 0 Å². The topological polar surface area (TPSA) is 75.3 Å². The van der Waals surface area contributed by atoms with Crippen molar-refractivity contribution in [1.29, 1.82) is 0 Å². The van der Waals surface area contributed by atoms with Crippen LogP contribution in [0.4, 0.5) is 0 Å². The highest BCUT2D eigenvalue weighted by Crippen LogP contribution is 2.58. The number of fused-ring (bicyclic) bond motifs is 1. The van der Waals surface area contributed by atoms with E-state index in [0.717, 1.165) is 37.9 Å². The Hall–Kier alpha value is -1.40. The summed E-state index contributed by atoms with van der Waals surface area (Å²) in [5.74, 6) is 0.315. The second-order valence-corrected chi connectivity index (χ2v) is 9.15. The lowest BCUT2D eigenvalue weighted by atomic mass is 9.91. The zero-order valence-electron chi connectivity index (χ0n) is 13.0. The molecule has 2 unspecified atom stereocenters. The molecule has 4 rings (SSSR count). The predicted octanol–water partition coefficient (Wildman–Crippen LogP) is 1.41.